The van der Waals surface area contributed by atoms with Gasteiger partial charge >= 0.3 is 0 Å². The maximum absolute atomic E-state index is 13.1. The van der Waals surface area contributed by atoms with E-state index < -0.39 is 10.0 Å². The number of rotatable bonds is 11. The van der Waals surface area contributed by atoms with Gasteiger partial charge < -0.3 is 18.8 Å². The molecule has 3 aromatic rings. The SMILES string of the molecule is CCN(CC)S(=O)(=O)c1ccc2c(c1)nc(SCc1cc(OC)ccc1OC)n2CC1CCCO1. The molecule has 4 rings (SSSR count). The van der Waals surface area contributed by atoms with E-state index in [9.17, 15) is 8.42 Å². The molecule has 2 aromatic carbocycles. The summed E-state index contributed by atoms with van der Waals surface area (Å²) in [6.07, 6.45) is 2.17. The van der Waals surface area contributed by atoms with Crippen molar-refractivity contribution in [3.8, 4) is 11.5 Å². The van der Waals surface area contributed by atoms with Crippen LogP contribution in [0, 0.1) is 0 Å². The normalized spacial score (nSPS) is 16.3. The molecule has 1 aliphatic rings. The maximum atomic E-state index is 13.1. The minimum Gasteiger partial charge on any atom is -0.497 e. The highest BCUT2D eigenvalue weighted by Gasteiger charge is 2.25. The van der Waals surface area contributed by atoms with Crippen LogP contribution >= 0.6 is 11.8 Å². The highest BCUT2D eigenvalue weighted by molar-refractivity contribution is 7.98. The van der Waals surface area contributed by atoms with Crippen molar-refractivity contribution in [2.45, 2.75) is 55.1 Å². The summed E-state index contributed by atoms with van der Waals surface area (Å²) in [5.41, 5.74) is 2.56. The molecule has 0 spiro atoms. The van der Waals surface area contributed by atoms with Gasteiger partial charge in [0.2, 0.25) is 10.0 Å². The van der Waals surface area contributed by atoms with Crippen LogP contribution < -0.4 is 9.47 Å². The van der Waals surface area contributed by atoms with Crippen molar-refractivity contribution in [2.75, 3.05) is 33.9 Å². The number of thioether (sulfide) groups is 1. The van der Waals surface area contributed by atoms with Crippen LogP contribution in [0.2, 0.25) is 0 Å². The lowest BCUT2D eigenvalue weighted by molar-refractivity contribution is 0.0960. The topological polar surface area (TPSA) is 82.9 Å². The molecular weight excluding hydrogens is 486 g/mol. The number of hydrogen-bond acceptors (Lipinski definition) is 7. The summed E-state index contributed by atoms with van der Waals surface area (Å²) in [5, 5.41) is 0.817. The Morgan fingerprint density at radius 1 is 1.14 bits per heavy atom. The minimum absolute atomic E-state index is 0.122. The Morgan fingerprint density at radius 3 is 2.60 bits per heavy atom. The molecule has 1 atom stereocenters. The lowest BCUT2D eigenvalue weighted by Crippen LogP contribution is -2.30. The number of nitrogens with zero attached hydrogens (tertiary/aromatic N) is 3. The number of hydrogen-bond donors (Lipinski definition) is 0. The van der Waals surface area contributed by atoms with E-state index in [0.29, 0.717) is 30.9 Å². The zero-order valence-corrected chi connectivity index (χ0v) is 22.3. The van der Waals surface area contributed by atoms with E-state index in [4.69, 9.17) is 19.2 Å². The molecule has 190 valence electrons. The first kappa shape index (κ1) is 25.8. The van der Waals surface area contributed by atoms with E-state index in [1.165, 1.54) is 4.31 Å². The van der Waals surface area contributed by atoms with Crippen LogP contribution in [0.5, 0.6) is 11.5 Å². The van der Waals surface area contributed by atoms with Crippen molar-refractivity contribution in [2.24, 2.45) is 0 Å². The van der Waals surface area contributed by atoms with Crippen LogP contribution in [0.1, 0.15) is 32.3 Å². The predicted octanol–water partition coefficient (Wildman–Crippen LogP) is 4.56. The lowest BCUT2D eigenvalue weighted by Gasteiger charge is -2.18. The predicted molar refractivity (Wildman–Crippen MR) is 138 cm³/mol. The third-order valence-corrected chi connectivity index (χ3v) is 9.35. The summed E-state index contributed by atoms with van der Waals surface area (Å²) in [5.74, 6) is 2.17. The van der Waals surface area contributed by atoms with Crippen LogP contribution in [0.4, 0.5) is 0 Å². The van der Waals surface area contributed by atoms with Gasteiger partial charge in [-0.3, -0.25) is 0 Å². The Bertz CT molecular complexity index is 1270. The van der Waals surface area contributed by atoms with Gasteiger partial charge in [0.25, 0.3) is 0 Å². The van der Waals surface area contributed by atoms with Crippen LogP contribution in [0.25, 0.3) is 11.0 Å². The number of benzene rings is 2. The van der Waals surface area contributed by atoms with E-state index in [-0.39, 0.29) is 11.0 Å². The minimum atomic E-state index is -3.57. The molecule has 1 saturated heterocycles. The summed E-state index contributed by atoms with van der Waals surface area (Å²) in [7, 11) is -0.273. The maximum Gasteiger partial charge on any atom is 0.243 e. The highest BCUT2D eigenvalue weighted by Crippen LogP contribution is 2.34. The van der Waals surface area contributed by atoms with Crippen molar-refractivity contribution in [3.63, 3.8) is 0 Å². The van der Waals surface area contributed by atoms with Crippen molar-refractivity contribution in [1.29, 1.82) is 0 Å². The van der Waals surface area contributed by atoms with E-state index in [1.54, 1.807) is 38.1 Å². The first-order valence-electron chi connectivity index (χ1n) is 11.9. The summed E-state index contributed by atoms with van der Waals surface area (Å²) in [6, 6.07) is 11.0. The second-order valence-corrected chi connectivity index (χ2v) is 11.2. The van der Waals surface area contributed by atoms with Gasteiger partial charge in [-0.25, -0.2) is 13.4 Å². The van der Waals surface area contributed by atoms with Gasteiger partial charge in [0.15, 0.2) is 5.16 Å². The average molecular weight is 520 g/mol. The van der Waals surface area contributed by atoms with Gasteiger partial charge in [-0.05, 0) is 49.2 Å². The Kier molecular flexibility index (Phi) is 8.26. The quantitative estimate of drug-likeness (QED) is 0.344. The van der Waals surface area contributed by atoms with Crippen LogP contribution in [0.15, 0.2) is 46.5 Å². The number of imidazole rings is 1. The largest absolute Gasteiger partial charge is 0.497 e. The molecule has 0 saturated carbocycles. The third kappa shape index (κ3) is 5.45. The van der Waals surface area contributed by atoms with Gasteiger partial charge in [-0.2, -0.15) is 4.31 Å². The molecular formula is C25H33N3O5S2. The fourth-order valence-corrected chi connectivity index (χ4v) is 6.86. The number of ether oxygens (including phenoxy) is 3. The molecule has 1 aromatic heterocycles. The van der Waals surface area contributed by atoms with E-state index in [2.05, 4.69) is 4.57 Å². The summed E-state index contributed by atoms with van der Waals surface area (Å²) in [4.78, 5) is 5.13. The molecule has 8 nitrogen and oxygen atoms in total. The molecule has 0 radical (unpaired) electrons. The van der Waals surface area contributed by atoms with Crippen molar-refractivity contribution >= 4 is 32.8 Å². The van der Waals surface area contributed by atoms with E-state index >= 15 is 0 Å². The smallest absolute Gasteiger partial charge is 0.243 e. The van der Waals surface area contributed by atoms with Crippen LogP contribution in [0.3, 0.4) is 0 Å². The van der Waals surface area contributed by atoms with Gasteiger partial charge in [0.05, 0.1) is 42.8 Å². The number of methoxy groups -OCH3 is 2. The molecule has 0 N–H and O–H groups in total. The summed E-state index contributed by atoms with van der Waals surface area (Å²) in [6.45, 7) is 5.99. The van der Waals surface area contributed by atoms with Gasteiger partial charge in [-0.1, -0.05) is 25.6 Å². The van der Waals surface area contributed by atoms with E-state index in [0.717, 1.165) is 47.2 Å². The fourth-order valence-electron chi connectivity index (χ4n) is 4.38. The lowest BCUT2D eigenvalue weighted by atomic mass is 10.2. The molecule has 0 aliphatic carbocycles. The zero-order chi connectivity index (χ0) is 25.0. The molecule has 0 amide bonds. The average Bonchev–Trinajstić information content (AvgIpc) is 3.51. The number of fused-ring (bicyclic) bond motifs is 1. The van der Waals surface area contributed by atoms with Crippen LogP contribution in [-0.2, 0) is 27.1 Å². The van der Waals surface area contributed by atoms with Crippen LogP contribution in [-0.4, -0.2) is 62.3 Å². The van der Waals surface area contributed by atoms with Crippen molar-refractivity contribution < 1.29 is 22.6 Å². The molecule has 35 heavy (non-hydrogen) atoms. The fraction of sp³-hybridized carbons (Fsp3) is 0.480. The molecule has 1 fully saturated rings. The highest BCUT2D eigenvalue weighted by atomic mass is 32.2. The molecule has 10 heteroatoms. The van der Waals surface area contributed by atoms with Crippen molar-refractivity contribution in [1.82, 2.24) is 13.9 Å². The molecule has 2 heterocycles. The Labute approximate surface area is 211 Å². The third-order valence-electron chi connectivity index (χ3n) is 6.28. The number of sulfonamides is 1. The molecule has 0 bridgehead atoms. The standard InChI is InChI=1S/C25H33N3O5S2/c1-5-27(6-2)35(29,30)21-10-11-23-22(15-21)26-25(28(23)16-20-8-7-13-33-20)34-17-18-14-19(31-3)9-12-24(18)32-4/h9-12,14-15,20H,5-8,13,16-17H2,1-4H3. The first-order valence-corrected chi connectivity index (χ1v) is 14.3. The summed E-state index contributed by atoms with van der Waals surface area (Å²) >= 11 is 1.59. The first-order chi connectivity index (χ1) is 16.9. The van der Waals surface area contributed by atoms with Gasteiger partial charge in [0, 0.05) is 31.0 Å². The van der Waals surface area contributed by atoms with Crippen molar-refractivity contribution in [3.05, 3.63) is 42.0 Å². The zero-order valence-electron chi connectivity index (χ0n) is 20.7. The number of aromatic nitrogens is 2. The Morgan fingerprint density at radius 2 is 1.94 bits per heavy atom. The van der Waals surface area contributed by atoms with Gasteiger partial charge in [0.1, 0.15) is 11.5 Å². The second kappa shape index (κ2) is 11.2. The summed E-state index contributed by atoms with van der Waals surface area (Å²) < 4.78 is 46.6. The molecule has 1 aliphatic heterocycles. The Hall–Kier alpha value is -2.27. The van der Waals surface area contributed by atoms with Gasteiger partial charge in [-0.15, -0.1) is 0 Å². The van der Waals surface area contributed by atoms with E-state index in [1.807, 2.05) is 38.1 Å². The monoisotopic (exact) mass is 519 g/mol. The second-order valence-electron chi connectivity index (χ2n) is 8.35. The Balaban J connectivity index is 1.71. The molecule has 1 unspecified atom stereocenters.